The molecule has 0 fully saturated rings. The third kappa shape index (κ3) is 4.65. The van der Waals surface area contributed by atoms with E-state index in [2.05, 4.69) is 4.74 Å². The van der Waals surface area contributed by atoms with Crippen molar-refractivity contribution in [2.45, 2.75) is 6.42 Å². The third-order valence-corrected chi connectivity index (χ3v) is 2.17. The standard InChI is InChI=1S/C14H14O4/c1-18-14(17)12(10-13(15)16)9-5-8-11-6-3-2-4-7-11/h2-9H,10H2,1H3,(H,15,16). The summed E-state index contributed by atoms with van der Waals surface area (Å²) in [6.45, 7) is 0. The zero-order valence-electron chi connectivity index (χ0n) is 10.00. The fourth-order valence-electron chi connectivity index (χ4n) is 1.33. The summed E-state index contributed by atoms with van der Waals surface area (Å²) in [4.78, 5) is 21.9. The van der Waals surface area contributed by atoms with Crippen LogP contribution in [0, 0.1) is 0 Å². The fraction of sp³-hybridized carbons (Fsp3) is 0.143. The Kier molecular flexibility index (Phi) is 5.38. The average Bonchev–Trinajstić information content (AvgIpc) is 2.37. The number of hydrogen-bond acceptors (Lipinski definition) is 3. The first-order valence-corrected chi connectivity index (χ1v) is 5.36. The Balaban J connectivity index is 2.80. The van der Waals surface area contributed by atoms with Gasteiger partial charge in [-0.15, -0.1) is 0 Å². The second kappa shape index (κ2) is 7.06. The Labute approximate surface area is 105 Å². The number of methoxy groups -OCH3 is 1. The van der Waals surface area contributed by atoms with Crippen LogP contribution >= 0.6 is 0 Å². The summed E-state index contributed by atoms with van der Waals surface area (Å²) in [5.41, 5.74) is 1.07. The van der Waals surface area contributed by atoms with Crippen molar-refractivity contribution in [3.63, 3.8) is 0 Å². The van der Waals surface area contributed by atoms with Crippen LogP contribution in [0.1, 0.15) is 12.0 Å². The van der Waals surface area contributed by atoms with Crippen molar-refractivity contribution in [2.24, 2.45) is 0 Å². The van der Waals surface area contributed by atoms with E-state index in [-0.39, 0.29) is 12.0 Å². The zero-order chi connectivity index (χ0) is 13.4. The lowest BCUT2D eigenvalue weighted by molar-refractivity contribution is -0.141. The molecule has 1 rings (SSSR count). The third-order valence-electron chi connectivity index (χ3n) is 2.17. The molecule has 0 saturated heterocycles. The number of rotatable bonds is 5. The molecule has 0 radical (unpaired) electrons. The van der Waals surface area contributed by atoms with Crippen molar-refractivity contribution in [3.05, 3.63) is 53.6 Å². The highest BCUT2D eigenvalue weighted by molar-refractivity contribution is 5.93. The molecule has 4 nitrogen and oxygen atoms in total. The largest absolute Gasteiger partial charge is 0.481 e. The highest BCUT2D eigenvalue weighted by Gasteiger charge is 2.12. The molecule has 0 saturated carbocycles. The van der Waals surface area contributed by atoms with Crippen LogP contribution in [0.2, 0.25) is 0 Å². The van der Waals surface area contributed by atoms with Crippen molar-refractivity contribution in [2.75, 3.05) is 7.11 Å². The van der Waals surface area contributed by atoms with Gasteiger partial charge in [-0.1, -0.05) is 48.6 Å². The van der Waals surface area contributed by atoms with Gasteiger partial charge in [-0.05, 0) is 5.56 Å². The monoisotopic (exact) mass is 246 g/mol. The molecule has 0 aromatic heterocycles. The van der Waals surface area contributed by atoms with Crippen LogP contribution in [0.15, 0.2) is 48.1 Å². The van der Waals surface area contributed by atoms with Crippen molar-refractivity contribution in [3.8, 4) is 0 Å². The molecule has 1 aromatic rings. The Morgan fingerprint density at radius 1 is 1.28 bits per heavy atom. The summed E-state index contributed by atoms with van der Waals surface area (Å²) < 4.78 is 4.51. The van der Waals surface area contributed by atoms with Gasteiger partial charge in [0.2, 0.25) is 0 Å². The minimum Gasteiger partial charge on any atom is -0.481 e. The molecule has 0 aliphatic heterocycles. The summed E-state index contributed by atoms with van der Waals surface area (Å²) in [5.74, 6) is -1.70. The topological polar surface area (TPSA) is 63.6 Å². The molecule has 18 heavy (non-hydrogen) atoms. The number of hydrogen-bond donors (Lipinski definition) is 1. The molecule has 0 atom stereocenters. The Hall–Kier alpha value is -2.36. The molecule has 0 aliphatic carbocycles. The number of carboxylic acids is 1. The first kappa shape index (κ1) is 13.7. The highest BCUT2D eigenvalue weighted by Crippen LogP contribution is 2.06. The molecule has 1 N–H and O–H groups in total. The van der Waals surface area contributed by atoms with Gasteiger partial charge >= 0.3 is 11.9 Å². The summed E-state index contributed by atoms with van der Waals surface area (Å²) >= 11 is 0. The highest BCUT2D eigenvalue weighted by atomic mass is 16.5. The van der Waals surface area contributed by atoms with Crippen LogP contribution in [0.5, 0.6) is 0 Å². The number of ether oxygens (including phenoxy) is 1. The van der Waals surface area contributed by atoms with Crippen molar-refractivity contribution in [1.82, 2.24) is 0 Å². The maximum Gasteiger partial charge on any atom is 0.334 e. The van der Waals surface area contributed by atoms with Crippen LogP contribution in [0.3, 0.4) is 0 Å². The Bertz CT molecular complexity index is 472. The maximum atomic E-state index is 11.3. The van der Waals surface area contributed by atoms with Crippen LogP contribution in [0.25, 0.3) is 6.08 Å². The molecule has 0 heterocycles. The minimum atomic E-state index is -1.07. The summed E-state index contributed by atoms with van der Waals surface area (Å²) in [6.07, 6.45) is 4.51. The van der Waals surface area contributed by atoms with Crippen LogP contribution in [-0.4, -0.2) is 24.2 Å². The Morgan fingerprint density at radius 2 is 1.94 bits per heavy atom. The van der Waals surface area contributed by atoms with Gasteiger partial charge in [0.15, 0.2) is 0 Å². The van der Waals surface area contributed by atoms with E-state index in [0.29, 0.717) is 0 Å². The van der Waals surface area contributed by atoms with E-state index in [1.165, 1.54) is 13.2 Å². The molecule has 0 unspecified atom stereocenters. The second-order valence-electron chi connectivity index (χ2n) is 3.52. The van der Waals surface area contributed by atoms with Gasteiger partial charge in [0, 0.05) is 5.57 Å². The van der Waals surface area contributed by atoms with Gasteiger partial charge < -0.3 is 9.84 Å². The molecular formula is C14H14O4. The first-order chi connectivity index (χ1) is 8.63. The molecule has 0 spiro atoms. The van der Waals surface area contributed by atoms with E-state index < -0.39 is 11.9 Å². The van der Waals surface area contributed by atoms with Gasteiger partial charge in [-0.25, -0.2) is 4.79 Å². The summed E-state index contributed by atoms with van der Waals surface area (Å²) in [5, 5.41) is 8.67. The van der Waals surface area contributed by atoms with E-state index in [1.54, 1.807) is 12.2 Å². The lowest BCUT2D eigenvalue weighted by Gasteiger charge is -2.00. The smallest absolute Gasteiger partial charge is 0.334 e. The van der Waals surface area contributed by atoms with Gasteiger partial charge in [0.05, 0.1) is 13.5 Å². The van der Waals surface area contributed by atoms with E-state index >= 15 is 0 Å². The summed E-state index contributed by atoms with van der Waals surface area (Å²) in [6, 6.07) is 9.49. The van der Waals surface area contributed by atoms with Crippen molar-refractivity contribution in [1.29, 1.82) is 0 Å². The lowest BCUT2D eigenvalue weighted by atomic mass is 10.1. The van der Waals surface area contributed by atoms with E-state index in [1.807, 2.05) is 30.3 Å². The van der Waals surface area contributed by atoms with Gasteiger partial charge in [-0.2, -0.15) is 0 Å². The molecule has 94 valence electrons. The SMILES string of the molecule is COC(=O)C(=CC=Cc1ccccc1)CC(=O)O. The van der Waals surface area contributed by atoms with Gasteiger partial charge in [0.1, 0.15) is 0 Å². The quantitative estimate of drug-likeness (QED) is 0.492. The van der Waals surface area contributed by atoms with Crippen molar-refractivity contribution < 1.29 is 19.4 Å². The van der Waals surface area contributed by atoms with Crippen LogP contribution < -0.4 is 0 Å². The van der Waals surface area contributed by atoms with E-state index in [0.717, 1.165) is 5.56 Å². The predicted molar refractivity (Wildman–Crippen MR) is 67.8 cm³/mol. The van der Waals surface area contributed by atoms with E-state index in [4.69, 9.17) is 5.11 Å². The lowest BCUT2D eigenvalue weighted by Crippen LogP contribution is -2.09. The van der Waals surface area contributed by atoms with E-state index in [9.17, 15) is 9.59 Å². The number of carbonyl (C=O) groups excluding carboxylic acids is 1. The number of benzene rings is 1. The number of carbonyl (C=O) groups is 2. The second-order valence-corrected chi connectivity index (χ2v) is 3.52. The molecular weight excluding hydrogens is 232 g/mol. The number of carboxylic acid groups (broad SMARTS) is 1. The average molecular weight is 246 g/mol. The van der Waals surface area contributed by atoms with Crippen molar-refractivity contribution >= 4 is 18.0 Å². The Morgan fingerprint density at radius 3 is 2.50 bits per heavy atom. The molecule has 0 amide bonds. The molecule has 4 heteroatoms. The van der Waals surface area contributed by atoms with Crippen LogP contribution in [0.4, 0.5) is 0 Å². The molecule has 1 aromatic carbocycles. The molecule has 0 bridgehead atoms. The van der Waals surface area contributed by atoms with Crippen LogP contribution in [-0.2, 0) is 14.3 Å². The maximum absolute atomic E-state index is 11.3. The summed E-state index contributed by atoms with van der Waals surface area (Å²) in [7, 11) is 1.22. The normalized spacial score (nSPS) is 11.5. The minimum absolute atomic E-state index is 0.109. The molecule has 0 aliphatic rings. The number of esters is 1. The number of allylic oxidation sites excluding steroid dienone is 2. The number of aliphatic carboxylic acids is 1. The predicted octanol–water partition coefficient (Wildman–Crippen LogP) is 2.27. The fourth-order valence-corrected chi connectivity index (χ4v) is 1.33. The van der Waals surface area contributed by atoms with Gasteiger partial charge in [-0.3, -0.25) is 4.79 Å². The zero-order valence-corrected chi connectivity index (χ0v) is 10.00. The first-order valence-electron chi connectivity index (χ1n) is 5.36. The van der Waals surface area contributed by atoms with Gasteiger partial charge in [0.25, 0.3) is 0 Å².